The summed E-state index contributed by atoms with van der Waals surface area (Å²) in [7, 11) is -2.13. The summed E-state index contributed by atoms with van der Waals surface area (Å²) in [5.41, 5.74) is 0.319. The molecule has 1 aromatic rings. The zero-order valence-corrected chi connectivity index (χ0v) is 18.4. The van der Waals surface area contributed by atoms with Gasteiger partial charge >= 0.3 is 6.09 Å². The predicted molar refractivity (Wildman–Crippen MR) is 108 cm³/mol. The van der Waals surface area contributed by atoms with Crippen molar-refractivity contribution in [2.75, 3.05) is 6.61 Å². The minimum Gasteiger partial charge on any atom is -0.444 e. The number of hydrogen-bond acceptors (Lipinski definition) is 4. The smallest absolute Gasteiger partial charge is 0.408 e. The van der Waals surface area contributed by atoms with E-state index in [0.29, 0.717) is 0 Å². The maximum absolute atomic E-state index is 12.2. The average molecular weight is 382 g/mol. The first-order chi connectivity index (χ1) is 11.8. The molecule has 0 bridgehead atoms. The topological polar surface area (TPSA) is 67.8 Å². The van der Waals surface area contributed by atoms with Crippen LogP contribution in [0.25, 0.3) is 0 Å². The molecule has 148 valence electrons. The average Bonchev–Trinajstić information content (AvgIpc) is 2.48. The number of amides is 1. The standard InChI is InChI=1S/C20H35NO4Si/c1-19(2,3)24-18(23)21-16(14-22)17(15-12-10-9-11-13-15)25-26(7,8)20(4,5)6/h9-13,16-17,22H,14H2,1-8H3,(H,21,23)/t16-,17-/m1/s1. The number of carbonyl (C=O) groups is 1. The van der Waals surface area contributed by atoms with E-state index in [2.05, 4.69) is 39.2 Å². The first-order valence-corrected chi connectivity index (χ1v) is 12.0. The lowest BCUT2D eigenvalue weighted by Crippen LogP contribution is -2.50. The van der Waals surface area contributed by atoms with Gasteiger partial charge in [0.15, 0.2) is 8.32 Å². The number of alkyl carbamates (subject to hydrolysis) is 1. The summed E-state index contributed by atoms with van der Waals surface area (Å²) < 4.78 is 11.9. The van der Waals surface area contributed by atoms with E-state index >= 15 is 0 Å². The quantitative estimate of drug-likeness (QED) is 0.705. The van der Waals surface area contributed by atoms with Crippen LogP contribution in [-0.4, -0.2) is 37.8 Å². The Balaban J connectivity index is 3.12. The molecule has 0 aliphatic heterocycles. The second-order valence-electron chi connectivity index (χ2n) is 9.14. The number of rotatable bonds is 6. The van der Waals surface area contributed by atoms with Crippen LogP contribution in [0.2, 0.25) is 18.1 Å². The zero-order valence-electron chi connectivity index (χ0n) is 17.4. The number of nitrogens with one attached hydrogen (secondary N) is 1. The van der Waals surface area contributed by atoms with Crippen LogP contribution in [0.15, 0.2) is 30.3 Å². The number of ether oxygens (including phenoxy) is 1. The molecule has 1 rings (SSSR count). The maximum Gasteiger partial charge on any atom is 0.408 e. The third kappa shape index (κ3) is 6.74. The van der Waals surface area contributed by atoms with E-state index in [1.165, 1.54) is 0 Å². The van der Waals surface area contributed by atoms with Crippen LogP contribution in [0.5, 0.6) is 0 Å². The molecule has 1 aromatic carbocycles. The van der Waals surface area contributed by atoms with E-state index in [9.17, 15) is 9.90 Å². The largest absolute Gasteiger partial charge is 0.444 e. The van der Waals surface area contributed by atoms with E-state index in [0.717, 1.165) is 5.56 Å². The van der Waals surface area contributed by atoms with Crippen LogP contribution in [0.3, 0.4) is 0 Å². The Bertz CT molecular complexity index is 576. The number of hydrogen-bond donors (Lipinski definition) is 2. The van der Waals surface area contributed by atoms with Crippen molar-refractivity contribution in [3.05, 3.63) is 35.9 Å². The second kappa shape index (κ2) is 8.54. The summed E-state index contributed by atoms with van der Waals surface area (Å²) >= 11 is 0. The summed E-state index contributed by atoms with van der Waals surface area (Å²) in [6, 6.07) is 9.11. The lowest BCUT2D eigenvalue weighted by atomic mass is 10.0. The molecule has 0 aromatic heterocycles. The van der Waals surface area contributed by atoms with Gasteiger partial charge in [-0.25, -0.2) is 4.79 Å². The van der Waals surface area contributed by atoms with E-state index in [1.54, 1.807) is 20.8 Å². The van der Waals surface area contributed by atoms with Crippen LogP contribution in [0.1, 0.15) is 53.2 Å². The van der Waals surface area contributed by atoms with Gasteiger partial charge in [-0.2, -0.15) is 0 Å². The molecule has 0 fully saturated rings. The van der Waals surface area contributed by atoms with E-state index < -0.39 is 32.2 Å². The molecule has 0 unspecified atom stereocenters. The van der Waals surface area contributed by atoms with Gasteiger partial charge in [-0.3, -0.25) is 0 Å². The molecule has 2 atom stereocenters. The fourth-order valence-electron chi connectivity index (χ4n) is 2.20. The number of benzene rings is 1. The molecular weight excluding hydrogens is 346 g/mol. The first-order valence-electron chi connectivity index (χ1n) is 9.10. The SMILES string of the molecule is CC(C)(C)OC(=O)N[C@H](CO)[C@H](O[Si](C)(C)C(C)(C)C)c1ccccc1. The van der Waals surface area contributed by atoms with Gasteiger partial charge in [-0.05, 0) is 44.5 Å². The Kier molecular flexibility index (Phi) is 7.45. The molecule has 1 amide bonds. The van der Waals surface area contributed by atoms with Gasteiger partial charge in [0.05, 0.1) is 18.8 Å². The lowest BCUT2D eigenvalue weighted by molar-refractivity contribution is 0.0368. The highest BCUT2D eigenvalue weighted by Gasteiger charge is 2.41. The fourth-order valence-corrected chi connectivity index (χ4v) is 3.48. The third-order valence-electron chi connectivity index (χ3n) is 4.62. The molecule has 0 aliphatic carbocycles. The van der Waals surface area contributed by atoms with E-state index in [-0.39, 0.29) is 11.6 Å². The van der Waals surface area contributed by atoms with Crippen molar-refractivity contribution in [2.45, 2.75) is 77.4 Å². The Morgan fingerprint density at radius 2 is 1.65 bits per heavy atom. The molecule has 0 aliphatic rings. The van der Waals surface area contributed by atoms with Gasteiger partial charge in [0.2, 0.25) is 0 Å². The van der Waals surface area contributed by atoms with E-state index in [1.807, 2.05) is 30.3 Å². The van der Waals surface area contributed by atoms with Gasteiger partial charge < -0.3 is 19.6 Å². The molecule has 0 saturated carbocycles. The number of aliphatic hydroxyl groups excluding tert-OH is 1. The van der Waals surface area contributed by atoms with Crippen molar-refractivity contribution >= 4 is 14.4 Å². The normalized spacial score (nSPS) is 15.3. The highest BCUT2D eigenvalue weighted by atomic mass is 28.4. The van der Waals surface area contributed by atoms with Gasteiger partial charge in [0, 0.05) is 0 Å². The molecule has 26 heavy (non-hydrogen) atoms. The Morgan fingerprint density at radius 1 is 1.12 bits per heavy atom. The highest BCUT2D eigenvalue weighted by Crippen LogP contribution is 2.40. The summed E-state index contributed by atoms with van der Waals surface area (Å²) in [6.45, 7) is 16.0. The van der Waals surface area contributed by atoms with Crippen LogP contribution < -0.4 is 5.32 Å². The van der Waals surface area contributed by atoms with Crippen molar-refractivity contribution in [1.29, 1.82) is 0 Å². The first kappa shape index (κ1) is 22.7. The Hall–Kier alpha value is -1.37. The highest BCUT2D eigenvalue weighted by molar-refractivity contribution is 6.74. The monoisotopic (exact) mass is 381 g/mol. The summed E-state index contributed by atoms with van der Waals surface area (Å²) in [5.74, 6) is 0. The summed E-state index contributed by atoms with van der Waals surface area (Å²) in [6.07, 6.45) is -1.01. The van der Waals surface area contributed by atoms with Gasteiger partial charge in [-0.1, -0.05) is 51.1 Å². The maximum atomic E-state index is 12.2. The fraction of sp³-hybridized carbons (Fsp3) is 0.650. The number of carbonyl (C=O) groups excluding carboxylic acids is 1. The molecular formula is C20H35NO4Si. The van der Waals surface area contributed by atoms with Crippen molar-refractivity contribution in [2.24, 2.45) is 0 Å². The van der Waals surface area contributed by atoms with Crippen LogP contribution in [-0.2, 0) is 9.16 Å². The van der Waals surface area contributed by atoms with Crippen molar-refractivity contribution in [3.8, 4) is 0 Å². The number of aliphatic hydroxyl groups is 1. The Labute approximate surface area is 159 Å². The molecule has 0 heterocycles. The van der Waals surface area contributed by atoms with Crippen molar-refractivity contribution < 1.29 is 19.1 Å². The minimum atomic E-state index is -2.13. The Morgan fingerprint density at radius 3 is 2.08 bits per heavy atom. The van der Waals surface area contributed by atoms with E-state index in [4.69, 9.17) is 9.16 Å². The minimum absolute atomic E-state index is 0.00591. The van der Waals surface area contributed by atoms with Crippen LogP contribution in [0, 0.1) is 0 Å². The van der Waals surface area contributed by atoms with Crippen molar-refractivity contribution in [3.63, 3.8) is 0 Å². The lowest BCUT2D eigenvalue weighted by Gasteiger charge is -2.41. The van der Waals surface area contributed by atoms with Gasteiger partial charge in [-0.15, -0.1) is 0 Å². The van der Waals surface area contributed by atoms with Gasteiger partial charge in [0.1, 0.15) is 5.60 Å². The molecule has 5 nitrogen and oxygen atoms in total. The molecule has 0 radical (unpaired) electrons. The van der Waals surface area contributed by atoms with Crippen molar-refractivity contribution in [1.82, 2.24) is 5.32 Å². The zero-order chi connectivity index (χ0) is 20.2. The van der Waals surface area contributed by atoms with Crippen LogP contribution in [0.4, 0.5) is 4.79 Å². The second-order valence-corrected chi connectivity index (χ2v) is 13.9. The molecule has 0 spiro atoms. The molecule has 6 heteroatoms. The van der Waals surface area contributed by atoms with Gasteiger partial charge in [0.25, 0.3) is 0 Å². The predicted octanol–water partition coefficient (Wildman–Crippen LogP) is 4.64. The summed E-state index contributed by atoms with van der Waals surface area (Å²) in [4.78, 5) is 12.2. The van der Waals surface area contributed by atoms with Crippen LogP contribution >= 0.6 is 0 Å². The molecule has 0 saturated heterocycles. The molecule has 2 N–H and O–H groups in total. The summed E-state index contributed by atoms with van der Waals surface area (Å²) in [5, 5.41) is 12.8. The third-order valence-corrected chi connectivity index (χ3v) is 9.08.